The topological polar surface area (TPSA) is 113 Å². The third kappa shape index (κ3) is 4.67. The number of nitriles is 1. The highest BCUT2D eigenvalue weighted by Crippen LogP contribution is 2.29. The Bertz CT molecular complexity index is 850. The van der Waals surface area contributed by atoms with Crippen molar-refractivity contribution in [2.24, 2.45) is 0 Å². The zero-order valence-corrected chi connectivity index (χ0v) is 16.2. The number of amides is 1. The smallest absolute Gasteiger partial charge is 0.315 e. The van der Waals surface area contributed by atoms with Crippen LogP contribution in [0.2, 0.25) is 0 Å². The third-order valence-corrected chi connectivity index (χ3v) is 5.21. The molecule has 1 amide bonds. The number of oxazole rings is 1. The zero-order chi connectivity index (χ0) is 19.9. The molecule has 1 aliphatic heterocycles. The van der Waals surface area contributed by atoms with Crippen LogP contribution in [0.5, 0.6) is 0 Å². The molecule has 148 valence electrons. The highest BCUT2D eigenvalue weighted by atomic mass is 32.2. The number of esters is 1. The Morgan fingerprint density at radius 2 is 2.14 bits per heavy atom. The van der Waals surface area contributed by atoms with Crippen LogP contribution in [0.4, 0.5) is 5.88 Å². The van der Waals surface area contributed by atoms with Crippen LogP contribution in [-0.2, 0) is 14.3 Å². The molecule has 0 spiro atoms. The van der Waals surface area contributed by atoms with Gasteiger partial charge in [0.2, 0.25) is 17.5 Å². The molecule has 9 nitrogen and oxygen atoms in total. The number of piperazine rings is 1. The highest BCUT2D eigenvalue weighted by Gasteiger charge is 2.26. The molecule has 10 heteroatoms. The molecule has 0 atom stereocenters. The molecule has 0 saturated carbocycles. The summed E-state index contributed by atoms with van der Waals surface area (Å²) in [5.74, 6) is 1.69. The van der Waals surface area contributed by atoms with E-state index in [1.165, 1.54) is 25.1 Å². The van der Waals surface area contributed by atoms with Crippen molar-refractivity contribution in [2.75, 3.05) is 49.7 Å². The van der Waals surface area contributed by atoms with Crippen LogP contribution in [0.3, 0.4) is 0 Å². The highest BCUT2D eigenvalue weighted by molar-refractivity contribution is 7.99. The summed E-state index contributed by atoms with van der Waals surface area (Å²) < 4.78 is 15.6. The second-order valence-corrected chi connectivity index (χ2v) is 7.11. The number of ether oxygens (including phenoxy) is 1. The van der Waals surface area contributed by atoms with Crippen molar-refractivity contribution in [3.63, 3.8) is 0 Å². The van der Waals surface area contributed by atoms with Gasteiger partial charge in [-0.15, -0.1) is 11.8 Å². The van der Waals surface area contributed by atoms with Gasteiger partial charge in [-0.1, -0.05) is 0 Å². The van der Waals surface area contributed by atoms with Gasteiger partial charge in [-0.3, -0.25) is 9.59 Å². The van der Waals surface area contributed by atoms with Crippen LogP contribution in [-0.4, -0.2) is 66.6 Å². The quantitative estimate of drug-likeness (QED) is 0.503. The molecular weight excluding hydrogens is 384 g/mol. The van der Waals surface area contributed by atoms with E-state index in [1.54, 1.807) is 17.0 Å². The first kappa shape index (κ1) is 19.8. The van der Waals surface area contributed by atoms with Gasteiger partial charge in [0.1, 0.15) is 6.07 Å². The second kappa shape index (κ2) is 9.32. The Kier molecular flexibility index (Phi) is 6.60. The van der Waals surface area contributed by atoms with E-state index in [4.69, 9.17) is 8.83 Å². The molecule has 1 aliphatic rings. The van der Waals surface area contributed by atoms with Gasteiger partial charge in [0.05, 0.1) is 19.1 Å². The summed E-state index contributed by atoms with van der Waals surface area (Å²) in [4.78, 5) is 31.3. The van der Waals surface area contributed by atoms with Crippen molar-refractivity contribution in [3.8, 4) is 17.7 Å². The van der Waals surface area contributed by atoms with Crippen LogP contribution in [0, 0.1) is 11.3 Å². The number of hydrogen-bond acceptors (Lipinski definition) is 9. The van der Waals surface area contributed by atoms with E-state index in [2.05, 4.69) is 9.72 Å². The Hall–Kier alpha value is -2.93. The number of carbonyl (C=O) groups is 2. The molecular formula is C18H20N4O5S. The number of nitrogens with zero attached hydrogens (tertiary/aromatic N) is 4. The lowest BCUT2D eigenvalue weighted by Gasteiger charge is -2.34. The van der Waals surface area contributed by atoms with E-state index in [0.717, 1.165) is 0 Å². The molecule has 2 aromatic heterocycles. The van der Waals surface area contributed by atoms with Crippen LogP contribution in [0.15, 0.2) is 27.2 Å². The lowest BCUT2D eigenvalue weighted by Crippen LogP contribution is -2.49. The SMILES string of the molecule is COC(=O)CSCCC(=O)N1CCN(c2oc(-c3ccco3)nc2C#N)CC1. The minimum atomic E-state index is -0.291. The fourth-order valence-electron chi connectivity index (χ4n) is 2.80. The minimum absolute atomic E-state index is 0.0476. The number of anilines is 1. The number of methoxy groups -OCH3 is 1. The Morgan fingerprint density at radius 3 is 2.79 bits per heavy atom. The second-order valence-electron chi connectivity index (χ2n) is 6.01. The van der Waals surface area contributed by atoms with Gasteiger partial charge < -0.3 is 23.4 Å². The van der Waals surface area contributed by atoms with Gasteiger partial charge in [0.15, 0.2) is 5.76 Å². The fraction of sp³-hybridized carbons (Fsp3) is 0.444. The van der Waals surface area contributed by atoms with E-state index >= 15 is 0 Å². The Balaban J connectivity index is 1.52. The molecule has 1 fully saturated rings. The molecule has 1 saturated heterocycles. The molecule has 0 radical (unpaired) electrons. The van der Waals surface area contributed by atoms with Crippen molar-refractivity contribution in [3.05, 3.63) is 24.1 Å². The Labute approximate surface area is 166 Å². The lowest BCUT2D eigenvalue weighted by molar-refractivity contribution is -0.137. The third-order valence-electron chi connectivity index (χ3n) is 4.27. The van der Waals surface area contributed by atoms with Gasteiger partial charge in [-0.05, 0) is 12.1 Å². The van der Waals surface area contributed by atoms with Crippen molar-refractivity contribution < 1.29 is 23.2 Å². The van der Waals surface area contributed by atoms with Gasteiger partial charge in [0.25, 0.3) is 5.89 Å². The maximum absolute atomic E-state index is 12.3. The molecule has 0 aromatic carbocycles. The predicted octanol–water partition coefficient (Wildman–Crippen LogP) is 1.75. The van der Waals surface area contributed by atoms with Crippen molar-refractivity contribution in [1.29, 1.82) is 5.26 Å². The summed E-state index contributed by atoms with van der Waals surface area (Å²) in [6.45, 7) is 2.15. The van der Waals surface area contributed by atoms with E-state index in [9.17, 15) is 14.9 Å². The van der Waals surface area contributed by atoms with E-state index in [0.29, 0.717) is 50.0 Å². The molecule has 0 aliphatic carbocycles. The number of thioether (sulfide) groups is 1. The van der Waals surface area contributed by atoms with Crippen molar-refractivity contribution in [2.45, 2.75) is 6.42 Å². The van der Waals surface area contributed by atoms with E-state index in [-0.39, 0.29) is 29.2 Å². The molecule has 3 rings (SSSR count). The number of aromatic nitrogens is 1. The van der Waals surface area contributed by atoms with Gasteiger partial charge in [-0.2, -0.15) is 10.2 Å². The molecule has 2 aromatic rings. The van der Waals surface area contributed by atoms with E-state index < -0.39 is 0 Å². The molecule has 28 heavy (non-hydrogen) atoms. The summed E-state index contributed by atoms with van der Waals surface area (Å²) in [6.07, 6.45) is 1.88. The first-order valence-electron chi connectivity index (χ1n) is 8.74. The van der Waals surface area contributed by atoms with Gasteiger partial charge >= 0.3 is 5.97 Å². The average molecular weight is 404 g/mol. The molecule has 3 heterocycles. The average Bonchev–Trinajstić information content (AvgIpc) is 3.40. The first-order chi connectivity index (χ1) is 13.6. The first-order valence-corrected chi connectivity index (χ1v) is 9.90. The summed E-state index contributed by atoms with van der Waals surface area (Å²) in [5.41, 5.74) is 0.199. The van der Waals surface area contributed by atoms with Gasteiger partial charge in [0, 0.05) is 38.4 Å². The van der Waals surface area contributed by atoms with Crippen LogP contribution >= 0.6 is 11.8 Å². The summed E-state index contributed by atoms with van der Waals surface area (Å²) in [6, 6.07) is 5.48. The standard InChI is InChI=1S/C18H20N4O5S/c1-25-16(24)12-28-10-4-15(23)21-5-7-22(8-6-21)18-13(11-19)20-17(27-18)14-3-2-9-26-14/h2-3,9H,4-8,10,12H2,1H3. The minimum Gasteiger partial charge on any atom is -0.468 e. The van der Waals surface area contributed by atoms with Crippen LogP contribution in [0.25, 0.3) is 11.7 Å². The maximum Gasteiger partial charge on any atom is 0.315 e. The van der Waals surface area contributed by atoms with Crippen LogP contribution < -0.4 is 4.90 Å². The maximum atomic E-state index is 12.3. The number of hydrogen-bond donors (Lipinski definition) is 0. The Morgan fingerprint density at radius 1 is 1.36 bits per heavy atom. The normalized spacial score (nSPS) is 14.0. The number of rotatable bonds is 7. The van der Waals surface area contributed by atoms with Gasteiger partial charge in [-0.25, -0.2) is 0 Å². The van der Waals surface area contributed by atoms with Crippen LogP contribution in [0.1, 0.15) is 12.1 Å². The van der Waals surface area contributed by atoms with E-state index in [1.807, 2.05) is 11.0 Å². The monoisotopic (exact) mass is 404 g/mol. The summed E-state index contributed by atoms with van der Waals surface area (Å²) >= 11 is 1.38. The predicted molar refractivity (Wildman–Crippen MR) is 102 cm³/mol. The molecule has 0 unspecified atom stereocenters. The summed E-state index contributed by atoms with van der Waals surface area (Å²) in [7, 11) is 1.34. The molecule has 0 bridgehead atoms. The fourth-order valence-corrected chi connectivity index (χ4v) is 3.54. The number of furan rings is 1. The van der Waals surface area contributed by atoms with Crippen molar-refractivity contribution >= 4 is 29.5 Å². The largest absolute Gasteiger partial charge is 0.468 e. The van der Waals surface area contributed by atoms with Crippen molar-refractivity contribution in [1.82, 2.24) is 9.88 Å². The molecule has 0 N–H and O–H groups in total. The summed E-state index contributed by atoms with van der Waals surface area (Å²) in [5, 5.41) is 9.35. The lowest BCUT2D eigenvalue weighted by atomic mass is 10.3. The number of carbonyl (C=O) groups excluding carboxylic acids is 2. The zero-order valence-electron chi connectivity index (χ0n) is 15.4.